The molecule has 0 aromatic heterocycles. The van der Waals surface area contributed by atoms with Gasteiger partial charge in [-0.3, -0.25) is 0 Å². The van der Waals surface area contributed by atoms with Crippen LogP contribution in [0.2, 0.25) is 4.22 Å². The molecule has 0 bridgehead atoms. The summed E-state index contributed by atoms with van der Waals surface area (Å²) in [5.41, 5.74) is 1.72. The number of hydrogen-bond donors (Lipinski definition) is 0. The van der Waals surface area contributed by atoms with Crippen LogP contribution in [0.5, 0.6) is 0 Å². The number of fused-ring (bicyclic) bond motifs is 1. The van der Waals surface area contributed by atoms with Crippen LogP contribution in [-0.4, -0.2) is 0 Å². The average Bonchev–Trinajstić information content (AvgIpc) is 2.25. The molecule has 2 rings (SSSR count). The van der Waals surface area contributed by atoms with Crippen LogP contribution in [0.3, 0.4) is 0 Å². The van der Waals surface area contributed by atoms with E-state index in [1.807, 2.05) is 0 Å². The van der Waals surface area contributed by atoms with E-state index >= 15 is 0 Å². The van der Waals surface area contributed by atoms with Crippen LogP contribution in [-0.2, 0) is 20.4 Å². The van der Waals surface area contributed by atoms with E-state index in [1.165, 1.54) is 25.7 Å². The second kappa shape index (κ2) is 8.24. The van der Waals surface area contributed by atoms with Crippen LogP contribution in [0.15, 0.2) is 23.8 Å². The first-order chi connectivity index (χ1) is 5.38. The predicted octanol–water partition coefficient (Wildman–Crippen LogP) is -5.98. The Morgan fingerprint density at radius 1 is 1.07 bits per heavy atom. The average molecular weight is 287 g/mol. The molecule has 2 unspecified atom stereocenters. The van der Waals surface area contributed by atoms with Crippen LogP contribution in [0.1, 0.15) is 25.7 Å². The Morgan fingerprint density at radius 3 is 2.50 bits per heavy atom. The molecule has 0 aromatic carbocycles. The fraction of sp³-hybridized carbons (Fsp3) is 0.600. The van der Waals surface area contributed by atoms with Crippen molar-refractivity contribution < 1.29 is 57.7 Å². The van der Waals surface area contributed by atoms with Gasteiger partial charge in [-0.2, -0.15) is 0 Å². The second-order valence-electron chi connectivity index (χ2n) is 3.50. The van der Waals surface area contributed by atoms with E-state index in [-0.39, 0.29) is 37.2 Å². The fourth-order valence-corrected chi connectivity index (χ4v) is 2.90. The third-order valence-electron chi connectivity index (χ3n) is 2.78. The topological polar surface area (TPSA) is 0 Å². The van der Waals surface area contributed by atoms with Crippen molar-refractivity contribution in [3.8, 4) is 0 Å². The maximum absolute atomic E-state index is 2.37. The molecule has 0 aliphatic heterocycles. The summed E-state index contributed by atoms with van der Waals surface area (Å²) < 4.78 is 0.864. The van der Waals surface area contributed by atoms with E-state index in [2.05, 4.69) is 38.7 Å². The van der Waals surface area contributed by atoms with Crippen LogP contribution >= 0.6 is 0 Å². The Bertz CT molecular complexity index is 213. The first-order valence-corrected chi connectivity index (χ1v) is 5.36. The molecule has 0 aromatic rings. The molecule has 0 nitrogen and oxygen atoms in total. The molecule has 1 fully saturated rings. The second-order valence-corrected chi connectivity index (χ2v) is 4.59. The van der Waals surface area contributed by atoms with Crippen LogP contribution in [0.4, 0.5) is 0 Å². The molecule has 2 aliphatic rings. The summed E-state index contributed by atoms with van der Waals surface area (Å²) in [7, 11) is 0. The Kier molecular flexibility index (Phi) is 10.3. The number of rotatable bonds is 0. The van der Waals surface area contributed by atoms with E-state index in [4.69, 9.17) is 0 Å². The van der Waals surface area contributed by atoms with Gasteiger partial charge >= 0.3 is 80.1 Å². The van der Waals surface area contributed by atoms with Crippen molar-refractivity contribution in [3.63, 3.8) is 0 Å². The van der Waals surface area contributed by atoms with Gasteiger partial charge in [-0.15, -0.1) is 0 Å². The van der Waals surface area contributed by atoms with Crippen molar-refractivity contribution in [1.82, 2.24) is 0 Å². The molecule has 14 heavy (non-hydrogen) atoms. The quantitative estimate of drug-likeness (QED) is 0.389. The molecule has 0 radical (unpaired) electrons. The van der Waals surface area contributed by atoms with Gasteiger partial charge in [0, 0.05) is 0 Å². The molecule has 0 spiro atoms. The summed E-state index contributed by atoms with van der Waals surface area (Å²) >= 11 is 2.37. The molecule has 0 amide bonds. The summed E-state index contributed by atoms with van der Waals surface area (Å²) in [6.45, 7) is 0. The van der Waals surface area contributed by atoms with Gasteiger partial charge in [-0.05, 0) is 0 Å². The van der Waals surface area contributed by atoms with Gasteiger partial charge in [0.2, 0.25) is 0 Å². The Labute approximate surface area is 117 Å². The molecule has 4 heteroatoms. The van der Waals surface area contributed by atoms with Gasteiger partial charge < -0.3 is 37.2 Å². The van der Waals surface area contributed by atoms with Gasteiger partial charge in [0.25, 0.3) is 0 Å². The standard InChI is InChI=1S/C10H13.3ClH.Ti/c1-2-5-9-7-4-8-10(9)6-3-1;;;;/h1-2,5,7,10H,3-4,6,8H2;3*1H;/q;;;;+3/p-3. The Hall–Kier alpha value is 1.06. The minimum absolute atomic E-state index is 0. The SMILES string of the molecule is [Cl-].[Cl-].[Cl-].[Ti+3][CH]1CCC2CCC=CC=C12. The summed E-state index contributed by atoms with van der Waals surface area (Å²) in [4.78, 5) is 0. The van der Waals surface area contributed by atoms with Crippen molar-refractivity contribution in [2.45, 2.75) is 29.9 Å². The van der Waals surface area contributed by atoms with Crippen molar-refractivity contribution in [2.75, 3.05) is 0 Å². The number of halogens is 3. The van der Waals surface area contributed by atoms with Crippen LogP contribution in [0, 0.1) is 5.92 Å². The molecule has 0 N–H and O–H groups in total. The van der Waals surface area contributed by atoms with E-state index in [0.717, 1.165) is 10.1 Å². The molecular formula is C10H13Cl3Ti. The van der Waals surface area contributed by atoms with Crippen LogP contribution < -0.4 is 37.2 Å². The zero-order chi connectivity index (χ0) is 7.68. The van der Waals surface area contributed by atoms with E-state index in [0.29, 0.717) is 0 Å². The van der Waals surface area contributed by atoms with Gasteiger partial charge in [0.1, 0.15) is 0 Å². The fourth-order valence-electron chi connectivity index (χ4n) is 2.12. The summed E-state index contributed by atoms with van der Waals surface area (Å²) in [5.74, 6) is 0.931. The molecule has 0 heterocycles. The minimum atomic E-state index is 0. The van der Waals surface area contributed by atoms with Crippen molar-refractivity contribution in [3.05, 3.63) is 23.8 Å². The third-order valence-corrected chi connectivity index (χ3v) is 3.76. The normalized spacial score (nSPS) is 28.6. The maximum atomic E-state index is 2.37. The number of hydrogen-bond acceptors (Lipinski definition) is 0. The molecule has 78 valence electrons. The van der Waals surface area contributed by atoms with E-state index < -0.39 is 0 Å². The summed E-state index contributed by atoms with van der Waals surface area (Å²) in [5, 5.41) is 0. The molecule has 2 atom stereocenters. The van der Waals surface area contributed by atoms with Gasteiger partial charge in [-0.25, -0.2) is 0 Å². The third kappa shape index (κ3) is 3.91. The van der Waals surface area contributed by atoms with Gasteiger partial charge in [-0.1, -0.05) is 0 Å². The Balaban J connectivity index is 0. The molecule has 0 saturated heterocycles. The first kappa shape index (κ1) is 17.5. The Morgan fingerprint density at radius 2 is 1.79 bits per heavy atom. The van der Waals surface area contributed by atoms with Gasteiger partial charge in [0.15, 0.2) is 0 Å². The zero-order valence-corrected chi connectivity index (χ0v) is 11.7. The summed E-state index contributed by atoms with van der Waals surface area (Å²) in [6.07, 6.45) is 12.5. The van der Waals surface area contributed by atoms with Crippen molar-refractivity contribution >= 4 is 0 Å². The summed E-state index contributed by atoms with van der Waals surface area (Å²) in [6, 6.07) is 0. The molecular weight excluding hydrogens is 274 g/mol. The van der Waals surface area contributed by atoms with Crippen molar-refractivity contribution in [2.24, 2.45) is 5.92 Å². The first-order valence-electron chi connectivity index (χ1n) is 4.45. The molecule has 2 aliphatic carbocycles. The monoisotopic (exact) mass is 286 g/mol. The van der Waals surface area contributed by atoms with Gasteiger partial charge in [0.05, 0.1) is 0 Å². The zero-order valence-electron chi connectivity index (χ0n) is 7.85. The predicted molar refractivity (Wildman–Crippen MR) is 42.9 cm³/mol. The van der Waals surface area contributed by atoms with E-state index in [9.17, 15) is 0 Å². The van der Waals surface area contributed by atoms with E-state index in [1.54, 1.807) is 5.57 Å². The number of allylic oxidation sites excluding steroid dienone is 4. The van der Waals surface area contributed by atoms with Crippen LogP contribution in [0.25, 0.3) is 0 Å². The molecule has 1 saturated carbocycles. The van der Waals surface area contributed by atoms with Crippen molar-refractivity contribution in [1.29, 1.82) is 0 Å².